The molecule has 0 saturated carbocycles. The lowest BCUT2D eigenvalue weighted by atomic mass is 10.1. The Labute approximate surface area is 122 Å². The first-order chi connectivity index (χ1) is 10.3. The molecule has 102 valence electrons. The number of nitrogens with two attached hydrogens (primary N) is 1. The zero-order valence-electron chi connectivity index (χ0n) is 11.4. The van der Waals surface area contributed by atoms with Crippen molar-refractivity contribution in [3.8, 4) is 6.07 Å². The van der Waals surface area contributed by atoms with Gasteiger partial charge in [-0.2, -0.15) is 5.26 Å². The van der Waals surface area contributed by atoms with Gasteiger partial charge < -0.3 is 11.1 Å². The maximum atomic E-state index is 8.83. The maximum absolute atomic E-state index is 8.83. The van der Waals surface area contributed by atoms with Crippen molar-refractivity contribution in [2.45, 2.75) is 6.42 Å². The van der Waals surface area contributed by atoms with E-state index in [-0.39, 0.29) is 0 Å². The Morgan fingerprint density at radius 2 is 2.10 bits per heavy atom. The molecule has 3 N–H and O–H groups in total. The Morgan fingerprint density at radius 3 is 2.95 bits per heavy atom. The van der Waals surface area contributed by atoms with Crippen LogP contribution in [0.3, 0.4) is 0 Å². The number of anilines is 3. The number of nitrogens with one attached hydrogen (secondary N) is 1. The average molecular weight is 274 g/mol. The van der Waals surface area contributed by atoms with Crippen molar-refractivity contribution in [1.82, 2.24) is 4.98 Å². The summed E-state index contributed by atoms with van der Waals surface area (Å²) in [6.07, 6.45) is 3.92. The van der Waals surface area contributed by atoms with Gasteiger partial charge in [-0.3, -0.25) is 4.98 Å². The minimum absolute atomic E-state index is 0.304. The second-order valence-corrected chi connectivity index (χ2v) is 4.78. The smallest absolute Gasteiger partial charge is 0.0670 e. The molecule has 1 aromatic heterocycles. The van der Waals surface area contributed by atoms with Crippen molar-refractivity contribution in [2.24, 2.45) is 0 Å². The molecular weight excluding hydrogens is 260 g/mol. The molecule has 0 amide bonds. The van der Waals surface area contributed by atoms with Crippen LogP contribution in [-0.2, 0) is 6.42 Å². The number of hydrogen-bond acceptors (Lipinski definition) is 4. The van der Waals surface area contributed by atoms with Crippen molar-refractivity contribution in [3.63, 3.8) is 0 Å². The molecule has 0 radical (unpaired) electrons. The second-order valence-electron chi connectivity index (χ2n) is 4.78. The summed E-state index contributed by atoms with van der Waals surface area (Å²) in [6.45, 7) is 0. The Balaban J connectivity index is 1.99. The normalized spacial score (nSPS) is 10.2. The fourth-order valence-electron chi connectivity index (χ4n) is 2.30. The Hall–Kier alpha value is -3.06. The first-order valence-electron chi connectivity index (χ1n) is 6.63. The summed E-state index contributed by atoms with van der Waals surface area (Å²) in [6, 6.07) is 15.8. The molecule has 0 aliphatic carbocycles. The van der Waals surface area contributed by atoms with Crippen molar-refractivity contribution < 1.29 is 0 Å². The number of pyridine rings is 1. The first-order valence-corrected chi connectivity index (χ1v) is 6.63. The summed E-state index contributed by atoms with van der Waals surface area (Å²) < 4.78 is 0. The fraction of sp³-hybridized carbons (Fsp3) is 0.0588. The van der Waals surface area contributed by atoms with Crippen LogP contribution in [0.2, 0.25) is 0 Å². The molecular formula is C17H14N4. The summed E-state index contributed by atoms with van der Waals surface area (Å²) in [4.78, 5) is 4.17. The van der Waals surface area contributed by atoms with E-state index < -0.39 is 0 Å². The summed E-state index contributed by atoms with van der Waals surface area (Å²) in [5, 5.41) is 14.4. The van der Waals surface area contributed by atoms with E-state index in [1.54, 1.807) is 6.20 Å². The predicted molar refractivity (Wildman–Crippen MR) is 85.2 cm³/mol. The standard InChI is InChI=1S/C17H14N4/c18-8-6-13-10-14(4-5-16(13)19)21-17-3-1-2-12-7-9-20-11-15(12)17/h1-5,7,9-11,21H,6,19H2. The van der Waals surface area contributed by atoms with Crippen LogP contribution in [0.25, 0.3) is 10.8 Å². The van der Waals surface area contributed by atoms with Crippen LogP contribution >= 0.6 is 0 Å². The van der Waals surface area contributed by atoms with E-state index in [2.05, 4.69) is 16.4 Å². The molecule has 0 unspecified atom stereocenters. The molecule has 1 heterocycles. The lowest BCUT2D eigenvalue weighted by molar-refractivity contribution is 1.27. The molecule has 2 aromatic carbocycles. The molecule has 21 heavy (non-hydrogen) atoms. The van der Waals surface area contributed by atoms with Crippen LogP contribution < -0.4 is 11.1 Å². The zero-order chi connectivity index (χ0) is 14.7. The highest BCUT2D eigenvalue weighted by molar-refractivity contribution is 5.94. The highest BCUT2D eigenvalue weighted by Crippen LogP contribution is 2.27. The number of fused-ring (bicyclic) bond motifs is 1. The summed E-state index contributed by atoms with van der Waals surface area (Å²) in [5.74, 6) is 0. The summed E-state index contributed by atoms with van der Waals surface area (Å²) >= 11 is 0. The van der Waals surface area contributed by atoms with Crippen molar-refractivity contribution in [3.05, 3.63) is 60.4 Å². The van der Waals surface area contributed by atoms with E-state index in [1.165, 1.54) is 0 Å². The van der Waals surface area contributed by atoms with Gasteiger partial charge in [-0.05, 0) is 41.3 Å². The van der Waals surface area contributed by atoms with Crippen LogP contribution in [-0.4, -0.2) is 4.98 Å². The molecule has 0 aliphatic rings. The first kappa shape index (κ1) is 12.9. The zero-order valence-corrected chi connectivity index (χ0v) is 11.4. The number of nitriles is 1. The molecule has 4 heteroatoms. The summed E-state index contributed by atoms with van der Waals surface area (Å²) in [5.41, 5.74) is 9.23. The molecule has 0 fully saturated rings. The van der Waals surface area contributed by atoms with Gasteiger partial charge in [0.05, 0.1) is 12.5 Å². The number of rotatable bonds is 3. The number of aromatic nitrogens is 1. The molecule has 0 bridgehead atoms. The topological polar surface area (TPSA) is 74.7 Å². The third kappa shape index (κ3) is 2.63. The molecule has 0 atom stereocenters. The van der Waals surface area contributed by atoms with E-state index in [9.17, 15) is 0 Å². The number of benzene rings is 2. The van der Waals surface area contributed by atoms with E-state index >= 15 is 0 Å². The van der Waals surface area contributed by atoms with Gasteiger partial charge in [-0.15, -0.1) is 0 Å². The molecule has 0 saturated heterocycles. The van der Waals surface area contributed by atoms with Crippen LogP contribution in [0.4, 0.5) is 17.1 Å². The van der Waals surface area contributed by atoms with Crippen LogP contribution in [0.5, 0.6) is 0 Å². The van der Waals surface area contributed by atoms with E-state index in [0.717, 1.165) is 27.7 Å². The molecule has 0 aliphatic heterocycles. The monoisotopic (exact) mass is 274 g/mol. The van der Waals surface area contributed by atoms with Gasteiger partial charge in [-0.25, -0.2) is 0 Å². The van der Waals surface area contributed by atoms with E-state index in [4.69, 9.17) is 11.0 Å². The van der Waals surface area contributed by atoms with Crippen molar-refractivity contribution in [2.75, 3.05) is 11.1 Å². The summed E-state index contributed by atoms with van der Waals surface area (Å²) in [7, 11) is 0. The van der Waals surface area contributed by atoms with Crippen LogP contribution in [0, 0.1) is 11.3 Å². The van der Waals surface area contributed by atoms with Gasteiger partial charge >= 0.3 is 0 Å². The number of hydrogen-bond donors (Lipinski definition) is 2. The lowest BCUT2D eigenvalue weighted by Gasteiger charge is -2.11. The van der Waals surface area contributed by atoms with Gasteiger partial charge in [-0.1, -0.05) is 12.1 Å². The Kier molecular flexibility index (Phi) is 3.40. The molecule has 4 nitrogen and oxygen atoms in total. The minimum Gasteiger partial charge on any atom is -0.398 e. The Bertz CT molecular complexity index is 828. The SMILES string of the molecule is N#CCc1cc(Nc2cccc3ccncc23)ccc1N. The lowest BCUT2D eigenvalue weighted by Crippen LogP contribution is -1.97. The molecule has 3 aromatic rings. The van der Waals surface area contributed by atoms with E-state index in [1.807, 2.05) is 48.7 Å². The van der Waals surface area contributed by atoms with Crippen LogP contribution in [0.1, 0.15) is 5.56 Å². The van der Waals surface area contributed by atoms with Gasteiger partial charge in [0, 0.05) is 34.8 Å². The molecule has 3 rings (SSSR count). The average Bonchev–Trinajstić information content (AvgIpc) is 2.51. The van der Waals surface area contributed by atoms with Gasteiger partial charge in [0.1, 0.15) is 0 Å². The highest BCUT2D eigenvalue weighted by atomic mass is 14.9. The fourth-order valence-corrected chi connectivity index (χ4v) is 2.30. The number of nitrogens with zero attached hydrogens (tertiary/aromatic N) is 2. The minimum atomic E-state index is 0.304. The third-order valence-electron chi connectivity index (χ3n) is 3.38. The maximum Gasteiger partial charge on any atom is 0.0670 e. The highest BCUT2D eigenvalue weighted by Gasteiger charge is 2.04. The van der Waals surface area contributed by atoms with Crippen molar-refractivity contribution >= 4 is 27.8 Å². The molecule has 0 spiro atoms. The quantitative estimate of drug-likeness (QED) is 0.715. The van der Waals surface area contributed by atoms with Gasteiger partial charge in [0.2, 0.25) is 0 Å². The number of nitrogen functional groups attached to an aromatic ring is 1. The van der Waals surface area contributed by atoms with Crippen LogP contribution in [0.15, 0.2) is 54.9 Å². The second kappa shape index (κ2) is 5.51. The van der Waals surface area contributed by atoms with E-state index in [0.29, 0.717) is 12.1 Å². The third-order valence-corrected chi connectivity index (χ3v) is 3.38. The largest absolute Gasteiger partial charge is 0.398 e. The Morgan fingerprint density at radius 1 is 1.19 bits per heavy atom. The van der Waals surface area contributed by atoms with Crippen molar-refractivity contribution in [1.29, 1.82) is 5.26 Å². The predicted octanol–water partition coefficient (Wildman–Crippen LogP) is 3.63. The van der Waals surface area contributed by atoms with Gasteiger partial charge in [0.25, 0.3) is 0 Å². The van der Waals surface area contributed by atoms with Gasteiger partial charge in [0.15, 0.2) is 0 Å².